The molecule has 2 aromatic rings. The van der Waals surface area contributed by atoms with E-state index in [2.05, 4.69) is 25.8 Å². The number of piperazine rings is 1. The van der Waals surface area contributed by atoms with Crippen molar-refractivity contribution in [2.24, 2.45) is 5.73 Å². The number of anilines is 2. The molecule has 4 N–H and O–H groups in total. The molecule has 2 heterocycles. The van der Waals surface area contributed by atoms with Crippen LogP contribution in [0, 0.1) is 0 Å². The lowest BCUT2D eigenvalue weighted by Gasteiger charge is -2.36. The quantitative estimate of drug-likeness (QED) is 0.711. The van der Waals surface area contributed by atoms with Crippen LogP contribution < -0.4 is 21.1 Å². The second-order valence-corrected chi connectivity index (χ2v) is 7.43. The lowest BCUT2D eigenvalue weighted by atomic mass is 9.78. The summed E-state index contributed by atoms with van der Waals surface area (Å²) in [4.78, 5) is 13.6. The minimum Gasteiger partial charge on any atom is -0.492 e. The van der Waals surface area contributed by atoms with Gasteiger partial charge < -0.3 is 21.1 Å². The van der Waals surface area contributed by atoms with E-state index in [0.717, 1.165) is 62.8 Å². The Morgan fingerprint density at radius 1 is 1.00 bits per heavy atom. The van der Waals surface area contributed by atoms with Gasteiger partial charge in [-0.1, -0.05) is 18.2 Å². The molecule has 1 aromatic carbocycles. The number of aromatic nitrogens is 2. The summed E-state index contributed by atoms with van der Waals surface area (Å²) in [5.41, 5.74) is 12.9. The molecular weight excluding hydrogens is 411 g/mol. The lowest BCUT2D eigenvalue weighted by Crippen LogP contribution is -2.48. The molecule has 1 saturated heterocycles. The van der Waals surface area contributed by atoms with Crippen molar-refractivity contribution in [3.8, 4) is 5.75 Å². The van der Waals surface area contributed by atoms with Crippen LogP contribution in [-0.2, 0) is 0 Å². The van der Waals surface area contributed by atoms with E-state index in [1.807, 2.05) is 30.3 Å². The second kappa shape index (κ2) is 10.8. The Labute approximate surface area is 184 Å². The van der Waals surface area contributed by atoms with Crippen molar-refractivity contribution in [3.63, 3.8) is 0 Å². The lowest BCUT2D eigenvalue weighted by molar-refractivity contribution is 0.200. The maximum Gasteiger partial charge on any atom is 0.222 e. The van der Waals surface area contributed by atoms with E-state index in [-0.39, 0.29) is 24.8 Å². The Kier molecular flexibility index (Phi) is 8.77. The molecule has 1 aliphatic heterocycles. The summed E-state index contributed by atoms with van der Waals surface area (Å²) in [6.45, 7) is 5.49. The first-order valence-electron chi connectivity index (χ1n) is 9.72. The van der Waals surface area contributed by atoms with Crippen molar-refractivity contribution in [3.05, 3.63) is 42.1 Å². The summed E-state index contributed by atoms with van der Waals surface area (Å²) in [5.74, 6) is 2.66. The fourth-order valence-corrected chi connectivity index (χ4v) is 3.76. The molecule has 9 heteroatoms. The molecule has 7 nitrogen and oxygen atoms in total. The topological polar surface area (TPSA) is 93.5 Å². The molecule has 0 atom stereocenters. The summed E-state index contributed by atoms with van der Waals surface area (Å²) in [6.07, 6.45) is 1.98. The number of nitrogens with zero attached hydrogens (tertiary/aromatic N) is 4. The predicted molar refractivity (Wildman–Crippen MR) is 121 cm³/mol. The van der Waals surface area contributed by atoms with Crippen LogP contribution in [-0.4, -0.2) is 60.2 Å². The first-order valence-corrected chi connectivity index (χ1v) is 9.72. The van der Waals surface area contributed by atoms with E-state index in [1.54, 1.807) is 0 Å². The Bertz CT molecular complexity index is 752. The third kappa shape index (κ3) is 6.09. The van der Waals surface area contributed by atoms with Crippen molar-refractivity contribution < 1.29 is 4.74 Å². The highest BCUT2D eigenvalue weighted by molar-refractivity contribution is 5.85. The molecule has 2 fully saturated rings. The molecular formula is C20H30Cl2N6O. The number of nitrogen functional groups attached to an aromatic ring is 1. The zero-order valence-corrected chi connectivity index (χ0v) is 18.1. The van der Waals surface area contributed by atoms with Crippen LogP contribution in [0.4, 0.5) is 11.8 Å². The van der Waals surface area contributed by atoms with Crippen LogP contribution in [0.25, 0.3) is 0 Å². The Morgan fingerprint density at radius 3 is 2.34 bits per heavy atom. The van der Waals surface area contributed by atoms with Crippen molar-refractivity contribution in [2.75, 3.05) is 50.0 Å². The summed E-state index contributed by atoms with van der Waals surface area (Å²) in [7, 11) is 0. The van der Waals surface area contributed by atoms with E-state index in [4.69, 9.17) is 16.2 Å². The zero-order valence-electron chi connectivity index (χ0n) is 16.4. The molecule has 0 bridgehead atoms. The van der Waals surface area contributed by atoms with Gasteiger partial charge in [-0.25, -0.2) is 4.98 Å². The van der Waals surface area contributed by atoms with Crippen LogP contribution in [0.1, 0.15) is 24.5 Å². The standard InChI is InChI=1S/C20H28N6O.2ClH/c21-16-12-15(13-16)18-14-19(24-20(22)23-18)26-8-6-25(7-9-26)10-11-27-17-4-2-1-3-5-17;;/h1-5,14-16H,6-13,21H2,(H2,22,23,24);2*1H. The average molecular weight is 441 g/mol. The molecule has 2 aliphatic rings. The van der Waals surface area contributed by atoms with E-state index < -0.39 is 0 Å². The zero-order chi connectivity index (χ0) is 18.6. The normalized spacial score (nSPS) is 21.5. The molecule has 0 unspecified atom stereocenters. The first-order chi connectivity index (χ1) is 13.2. The highest BCUT2D eigenvalue weighted by Crippen LogP contribution is 2.35. The van der Waals surface area contributed by atoms with Gasteiger partial charge in [0.2, 0.25) is 5.95 Å². The molecule has 0 spiro atoms. The van der Waals surface area contributed by atoms with Gasteiger partial charge in [-0.3, -0.25) is 4.90 Å². The van der Waals surface area contributed by atoms with Crippen molar-refractivity contribution in [1.82, 2.24) is 14.9 Å². The van der Waals surface area contributed by atoms with Gasteiger partial charge in [0.25, 0.3) is 0 Å². The highest BCUT2D eigenvalue weighted by Gasteiger charge is 2.29. The Hall–Kier alpha value is -1.80. The monoisotopic (exact) mass is 440 g/mol. The maximum absolute atomic E-state index is 5.96. The first kappa shape index (κ1) is 23.5. The van der Waals surface area contributed by atoms with Crippen molar-refractivity contribution >= 4 is 36.6 Å². The Balaban J connectivity index is 0.00000150. The van der Waals surface area contributed by atoms with Crippen LogP contribution in [0.5, 0.6) is 5.75 Å². The Morgan fingerprint density at radius 2 is 1.69 bits per heavy atom. The van der Waals surface area contributed by atoms with E-state index >= 15 is 0 Å². The molecule has 160 valence electrons. The number of para-hydroxylation sites is 1. The second-order valence-electron chi connectivity index (χ2n) is 7.43. The van der Waals surface area contributed by atoms with E-state index in [1.165, 1.54) is 0 Å². The van der Waals surface area contributed by atoms with E-state index in [0.29, 0.717) is 24.5 Å². The maximum atomic E-state index is 5.96. The molecule has 1 saturated carbocycles. The molecule has 1 aliphatic carbocycles. The summed E-state index contributed by atoms with van der Waals surface area (Å²) < 4.78 is 5.80. The van der Waals surface area contributed by atoms with E-state index in [9.17, 15) is 0 Å². The fraction of sp³-hybridized carbons (Fsp3) is 0.500. The summed E-state index contributed by atoms with van der Waals surface area (Å²) in [6, 6.07) is 12.4. The number of ether oxygens (including phenoxy) is 1. The molecule has 4 rings (SSSR count). The van der Waals surface area contributed by atoms with Gasteiger partial charge in [0.15, 0.2) is 0 Å². The van der Waals surface area contributed by atoms with Crippen LogP contribution in [0.15, 0.2) is 36.4 Å². The SMILES string of the molecule is Cl.Cl.Nc1nc(C2CC(N)C2)cc(N2CCN(CCOc3ccccc3)CC2)n1. The van der Waals surface area contributed by atoms with Gasteiger partial charge in [0.05, 0.1) is 5.69 Å². The number of rotatable bonds is 6. The highest BCUT2D eigenvalue weighted by atomic mass is 35.5. The van der Waals surface area contributed by atoms with Crippen molar-refractivity contribution in [1.29, 1.82) is 0 Å². The number of nitrogens with two attached hydrogens (primary N) is 2. The summed E-state index contributed by atoms with van der Waals surface area (Å²) >= 11 is 0. The third-order valence-electron chi connectivity index (χ3n) is 5.46. The van der Waals surface area contributed by atoms with Crippen molar-refractivity contribution in [2.45, 2.75) is 24.8 Å². The fourth-order valence-electron chi connectivity index (χ4n) is 3.76. The van der Waals surface area contributed by atoms with Gasteiger partial charge in [-0.2, -0.15) is 4.98 Å². The van der Waals surface area contributed by atoms with Gasteiger partial charge >= 0.3 is 0 Å². The number of benzene rings is 1. The average Bonchev–Trinajstić information content (AvgIpc) is 2.66. The van der Waals surface area contributed by atoms with Gasteiger partial charge in [-0.15, -0.1) is 24.8 Å². The van der Waals surface area contributed by atoms with Crippen LogP contribution >= 0.6 is 24.8 Å². The molecule has 1 aromatic heterocycles. The van der Waals surface area contributed by atoms with Gasteiger partial charge in [0, 0.05) is 50.7 Å². The number of halogens is 2. The predicted octanol–water partition coefficient (Wildman–Crippen LogP) is 2.31. The van der Waals surface area contributed by atoms with Crippen LogP contribution in [0.3, 0.4) is 0 Å². The molecule has 0 amide bonds. The largest absolute Gasteiger partial charge is 0.492 e. The minimum atomic E-state index is 0. The number of hydrogen-bond acceptors (Lipinski definition) is 7. The molecule has 0 radical (unpaired) electrons. The van der Waals surface area contributed by atoms with Crippen LogP contribution in [0.2, 0.25) is 0 Å². The molecule has 29 heavy (non-hydrogen) atoms. The smallest absolute Gasteiger partial charge is 0.222 e. The third-order valence-corrected chi connectivity index (χ3v) is 5.46. The number of hydrogen-bond donors (Lipinski definition) is 2. The van der Waals surface area contributed by atoms with Gasteiger partial charge in [-0.05, 0) is 25.0 Å². The summed E-state index contributed by atoms with van der Waals surface area (Å²) in [5, 5.41) is 0. The van der Waals surface area contributed by atoms with Gasteiger partial charge in [0.1, 0.15) is 18.2 Å². The minimum absolute atomic E-state index is 0.